The lowest BCUT2D eigenvalue weighted by molar-refractivity contribution is 0.0955. The van der Waals surface area contributed by atoms with E-state index in [0.29, 0.717) is 20.0 Å². The fourth-order valence-corrected chi connectivity index (χ4v) is 3.51. The molecule has 0 unspecified atom stereocenters. The lowest BCUT2D eigenvalue weighted by atomic mass is 10.2. The highest BCUT2D eigenvalue weighted by molar-refractivity contribution is 7.21. The maximum absolute atomic E-state index is 13.2. The number of hydrogen-bond donors (Lipinski definition) is 1. The lowest BCUT2D eigenvalue weighted by Gasteiger charge is -2.04. The van der Waals surface area contributed by atoms with Crippen LogP contribution >= 0.6 is 22.9 Å². The number of amides is 1. The lowest BCUT2D eigenvalue weighted by Crippen LogP contribution is -2.22. The van der Waals surface area contributed by atoms with Crippen LogP contribution in [0.3, 0.4) is 0 Å². The van der Waals surface area contributed by atoms with Gasteiger partial charge in [0, 0.05) is 16.6 Å². The van der Waals surface area contributed by atoms with Gasteiger partial charge in [-0.15, -0.1) is 11.3 Å². The number of rotatable bonds is 3. The van der Waals surface area contributed by atoms with Gasteiger partial charge in [0.1, 0.15) is 16.5 Å². The van der Waals surface area contributed by atoms with Crippen molar-refractivity contribution in [2.75, 3.05) is 0 Å². The third-order valence-electron chi connectivity index (χ3n) is 3.16. The second kappa shape index (κ2) is 6.02. The highest BCUT2D eigenvalue weighted by Crippen LogP contribution is 2.35. The van der Waals surface area contributed by atoms with E-state index < -0.39 is 0 Å². The van der Waals surface area contributed by atoms with Crippen LogP contribution in [0.4, 0.5) is 8.78 Å². The van der Waals surface area contributed by atoms with E-state index in [0.717, 1.165) is 16.9 Å². The molecule has 112 valence electrons. The summed E-state index contributed by atoms with van der Waals surface area (Å²) in [5, 5.41) is 3.69. The molecule has 1 N–H and O–H groups in total. The number of benzene rings is 2. The van der Waals surface area contributed by atoms with Crippen molar-refractivity contribution in [3.63, 3.8) is 0 Å². The first-order chi connectivity index (χ1) is 10.5. The molecule has 0 atom stereocenters. The number of carbonyl (C=O) groups is 1. The van der Waals surface area contributed by atoms with Crippen LogP contribution in [0.15, 0.2) is 42.5 Å². The van der Waals surface area contributed by atoms with Crippen molar-refractivity contribution in [3.8, 4) is 0 Å². The Hall–Kier alpha value is -1.98. The summed E-state index contributed by atoms with van der Waals surface area (Å²) in [7, 11) is 0. The molecule has 3 aromatic rings. The molecule has 0 radical (unpaired) electrons. The van der Waals surface area contributed by atoms with E-state index in [1.165, 1.54) is 24.3 Å². The molecule has 3 rings (SSSR count). The number of hydrogen-bond acceptors (Lipinski definition) is 2. The van der Waals surface area contributed by atoms with Crippen molar-refractivity contribution in [3.05, 3.63) is 69.6 Å². The van der Waals surface area contributed by atoms with Crippen molar-refractivity contribution < 1.29 is 13.6 Å². The number of thiophene rings is 1. The Morgan fingerprint density at radius 2 is 1.77 bits per heavy atom. The monoisotopic (exact) mass is 337 g/mol. The zero-order chi connectivity index (χ0) is 15.7. The SMILES string of the molecule is O=C(NCc1ccc(F)cc1)c1sc2cc(F)ccc2c1Cl. The minimum Gasteiger partial charge on any atom is -0.347 e. The molecule has 0 bridgehead atoms. The van der Waals surface area contributed by atoms with Crippen molar-refractivity contribution in [2.24, 2.45) is 0 Å². The van der Waals surface area contributed by atoms with Gasteiger partial charge < -0.3 is 5.32 Å². The Balaban J connectivity index is 1.80. The molecule has 0 aliphatic rings. The summed E-state index contributed by atoms with van der Waals surface area (Å²) in [6.07, 6.45) is 0. The second-order valence-corrected chi connectivity index (χ2v) is 6.12. The van der Waals surface area contributed by atoms with Crippen LogP contribution in [0.1, 0.15) is 15.2 Å². The average molecular weight is 338 g/mol. The van der Waals surface area contributed by atoms with Crippen molar-refractivity contribution in [1.82, 2.24) is 5.32 Å². The molecule has 1 heterocycles. The van der Waals surface area contributed by atoms with E-state index in [2.05, 4.69) is 5.32 Å². The minimum absolute atomic E-state index is 0.262. The Morgan fingerprint density at radius 3 is 2.50 bits per heavy atom. The van der Waals surface area contributed by atoms with E-state index in [1.54, 1.807) is 18.2 Å². The average Bonchev–Trinajstić information content (AvgIpc) is 2.83. The van der Waals surface area contributed by atoms with Gasteiger partial charge >= 0.3 is 0 Å². The standard InChI is InChI=1S/C16H10ClF2NOS/c17-14-12-6-5-11(19)7-13(12)22-15(14)16(21)20-8-9-1-3-10(18)4-2-9/h1-7H,8H2,(H,20,21). The van der Waals surface area contributed by atoms with Gasteiger partial charge in [-0.1, -0.05) is 23.7 Å². The summed E-state index contributed by atoms with van der Waals surface area (Å²) in [6.45, 7) is 0.262. The summed E-state index contributed by atoms with van der Waals surface area (Å²) in [4.78, 5) is 12.5. The predicted octanol–water partition coefficient (Wildman–Crippen LogP) is 4.76. The first-order valence-corrected chi connectivity index (χ1v) is 7.64. The van der Waals surface area contributed by atoms with Crippen molar-refractivity contribution in [1.29, 1.82) is 0 Å². The van der Waals surface area contributed by atoms with Gasteiger partial charge in [0.2, 0.25) is 0 Å². The zero-order valence-electron chi connectivity index (χ0n) is 11.2. The highest BCUT2D eigenvalue weighted by atomic mass is 35.5. The highest BCUT2D eigenvalue weighted by Gasteiger charge is 2.17. The first-order valence-electron chi connectivity index (χ1n) is 6.45. The maximum Gasteiger partial charge on any atom is 0.263 e. The van der Waals surface area contributed by atoms with Gasteiger partial charge in [-0.2, -0.15) is 0 Å². The fourth-order valence-electron chi connectivity index (χ4n) is 2.05. The van der Waals surface area contributed by atoms with Crippen LogP contribution in [0.5, 0.6) is 0 Å². The molecule has 0 saturated carbocycles. The van der Waals surface area contributed by atoms with Gasteiger partial charge in [-0.05, 0) is 35.9 Å². The van der Waals surface area contributed by atoms with Crippen LogP contribution in [0, 0.1) is 11.6 Å². The normalized spacial score (nSPS) is 10.9. The first kappa shape index (κ1) is 14.9. The van der Waals surface area contributed by atoms with Crippen LogP contribution in [0.2, 0.25) is 5.02 Å². The number of carbonyl (C=O) groups excluding carboxylic acids is 1. The largest absolute Gasteiger partial charge is 0.347 e. The molecule has 0 spiro atoms. The van der Waals surface area contributed by atoms with Crippen molar-refractivity contribution >= 4 is 38.9 Å². The van der Waals surface area contributed by atoms with Gasteiger partial charge in [0.15, 0.2) is 0 Å². The summed E-state index contributed by atoms with van der Waals surface area (Å²) in [5.74, 6) is -1.04. The molecule has 2 aromatic carbocycles. The molecular weight excluding hydrogens is 328 g/mol. The van der Waals surface area contributed by atoms with Crippen LogP contribution in [-0.4, -0.2) is 5.91 Å². The molecule has 22 heavy (non-hydrogen) atoms. The van der Waals surface area contributed by atoms with Gasteiger partial charge in [-0.25, -0.2) is 8.78 Å². The molecule has 0 aliphatic carbocycles. The summed E-state index contributed by atoms with van der Waals surface area (Å²) < 4.78 is 26.7. The Labute approximate surface area is 134 Å². The van der Waals surface area contributed by atoms with E-state index >= 15 is 0 Å². The summed E-state index contributed by atoms with van der Waals surface area (Å²) in [6, 6.07) is 10.1. The minimum atomic E-state index is -0.372. The third-order valence-corrected chi connectivity index (χ3v) is 4.82. The van der Waals surface area contributed by atoms with E-state index in [4.69, 9.17) is 11.6 Å². The Bertz CT molecular complexity index is 845. The van der Waals surface area contributed by atoms with Gasteiger partial charge in [0.25, 0.3) is 5.91 Å². The van der Waals surface area contributed by atoms with E-state index in [-0.39, 0.29) is 24.1 Å². The van der Waals surface area contributed by atoms with Crippen LogP contribution in [-0.2, 0) is 6.54 Å². The van der Waals surface area contributed by atoms with Gasteiger partial charge in [-0.3, -0.25) is 4.79 Å². The zero-order valence-corrected chi connectivity index (χ0v) is 12.8. The molecule has 0 aliphatic heterocycles. The summed E-state index contributed by atoms with van der Waals surface area (Å²) >= 11 is 7.32. The summed E-state index contributed by atoms with van der Waals surface area (Å²) in [5.41, 5.74) is 0.776. The molecular formula is C16H10ClF2NOS. The van der Waals surface area contributed by atoms with E-state index in [9.17, 15) is 13.6 Å². The molecule has 0 fully saturated rings. The second-order valence-electron chi connectivity index (χ2n) is 4.69. The number of fused-ring (bicyclic) bond motifs is 1. The number of nitrogens with one attached hydrogen (secondary N) is 1. The molecule has 1 aromatic heterocycles. The van der Waals surface area contributed by atoms with Crippen molar-refractivity contribution in [2.45, 2.75) is 6.54 Å². The Morgan fingerprint density at radius 1 is 1.09 bits per heavy atom. The third kappa shape index (κ3) is 2.96. The molecule has 6 heteroatoms. The topological polar surface area (TPSA) is 29.1 Å². The molecule has 0 saturated heterocycles. The van der Waals surface area contributed by atoms with Crippen LogP contribution in [0.25, 0.3) is 10.1 Å². The quantitative estimate of drug-likeness (QED) is 0.733. The molecule has 1 amide bonds. The van der Waals surface area contributed by atoms with Crippen LogP contribution < -0.4 is 5.32 Å². The smallest absolute Gasteiger partial charge is 0.263 e. The molecule has 2 nitrogen and oxygen atoms in total. The fraction of sp³-hybridized carbons (Fsp3) is 0.0625. The van der Waals surface area contributed by atoms with Gasteiger partial charge in [0.05, 0.1) is 5.02 Å². The van der Waals surface area contributed by atoms with E-state index in [1.807, 2.05) is 0 Å². The Kier molecular flexibility index (Phi) is 4.09. The predicted molar refractivity (Wildman–Crippen MR) is 84.4 cm³/mol. The maximum atomic E-state index is 13.2. The number of halogens is 3.